The van der Waals surface area contributed by atoms with Gasteiger partial charge in [0.15, 0.2) is 0 Å². The van der Waals surface area contributed by atoms with Crippen LogP contribution in [0.25, 0.3) is 0 Å². The standard InChI is InChI=1S/C20H32O4/c1-3-5-7-9-11-13-17-23-19(21)15-16-20(22)24-18-14-12-10-8-6-4-2/h11-16H,3-10,17-18H2,1-2H3. The van der Waals surface area contributed by atoms with E-state index in [1.807, 2.05) is 24.3 Å². The van der Waals surface area contributed by atoms with Gasteiger partial charge in [0.05, 0.1) is 0 Å². The van der Waals surface area contributed by atoms with Crippen molar-refractivity contribution in [1.82, 2.24) is 0 Å². The number of hydrogen-bond donors (Lipinski definition) is 0. The maximum Gasteiger partial charge on any atom is 0.331 e. The number of carbonyl (C=O) groups excluding carboxylic acids is 2. The number of unbranched alkanes of at least 4 members (excludes halogenated alkanes) is 6. The molecule has 0 fully saturated rings. The molecule has 0 aromatic rings. The van der Waals surface area contributed by atoms with Crippen LogP contribution in [0.2, 0.25) is 0 Å². The Morgan fingerprint density at radius 3 is 1.46 bits per heavy atom. The van der Waals surface area contributed by atoms with E-state index in [4.69, 9.17) is 9.47 Å². The molecule has 0 spiro atoms. The summed E-state index contributed by atoms with van der Waals surface area (Å²) in [5.74, 6) is -1.08. The van der Waals surface area contributed by atoms with E-state index in [2.05, 4.69) is 13.8 Å². The molecule has 0 aliphatic rings. The molecule has 0 amide bonds. The molecule has 0 aliphatic carbocycles. The maximum atomic E-state index is 11.4. The second-order valence-corrected chi connectivity index (χ2v) is 5.53. The molecule has 0 aromatic carbocycles. The summed E-state index contributed by atoms with van der Waals surface area (Å²) in [4.78, 5) is 22.8. The Morgan fingerprint density at radius 1 is 0.667 bits per heavy atom. The monoisotopic (exact) mass is 336 g/mol. The molecular formula is C20H32O4. The largest absolute Gasteiger partial charge is 0.458 e. The molecule has 0 saturated carbocycles. The van der Waals surface area contributed by atoms with Crippen LogP contribution < -0.4 is 0 Å². The number of rotatable bonds is 14. The average Bonchev–Trinajstić information content (AvgIpc) is 2.58. The molecule has 0 aliphatic heterocycles. The molecule has 0 saturated heterocycles. The lowest BCUT2D eigenvalue weighted by atomic mass is 10.2. The second kappa shape index (κ2) is 17.5. The van der Waals surface area contributed by atoms with Gasteiger partial charge in [0.25, 0.3) is 0 Å². The fourth-order valence-electron chi connectivity index (χ4n) is 1.89. The average molecular weight is 336 g/mol. The first-order valence-corrected chi connectivity index (χ1v) is 9.02. The summed E-state index contributed by atoms with van der Waals surface area (Å²) in [5.41, 5.74) is 0. The Balaban J connectivity index is 3.68. The fraction of sp³-hybridized carbons (Fsp3) is 0.600. The second-order valence-electron chi connectivity index (χ2n) is 5.53. The van der Waals surface area contributed by atoms with Crippen molar-refractivity contribution in [3.8, 4) is 0 Å². The highest BCUT2D eigenvalue weighted by Gasteiger charge is 1.99. The van der Waals surface area contributed by atoms with Gasteiger partial charge >= 0.3 is 11.9 Å². The maximum absolute atomic E-state index is 11.4. The first kappa shape index (κ1) is 22.2. The molecule has 0 N–H and O–H groups in total. The molecule has 0 heterocycles. The summed E-state index contributed by atoms with van der Waals surface area (Å²) in [7, 11) is 0. The Hall–Kier alpha value is -1.84. The van der Waals surface area contributed by atoms with Gasteiger partial charge in [-0.2, -0.15) is 0 Å². The molecule has 4 nitrogen and oxygen atoms in total. The fourth-order valence-corrected chi connectivity index (χ4v) is 1.89. The lowest BCUT2D eigenvalue weighted by molar-refractivity contribution is -0.139. The lowest BCUT2D eigenvalue weighted by Gasteiger charge is -1.98. The van der Waals surface area contributed by atoms with Crippen molar-refractivity contribution in [3.63, 3.8) is 0 Å². The highest BCUT2D eigenvalue weighted by molar-refractivity contribution is 5.91. The lowest BCUT2D eigenvalue weighted by Crippen LogP contribution is -2.04. The van der Waals surface area contributed by atoms with Gasteiger partial charge < -0.3 is 9.47 Å². The molecule has 0 bridgehead atoms. The molecule has 0 aromatic heterocycles. The number of allylic oxidation sites excluding steroid dienone is 2. The van der Waals surface area contributed by atoms with Gasteiger partial charge in [-0.3, -0.25) is 0 Å². The SMILES string of the molecule is CCCCCC=CCOC(=O)C=CC(=O)OCC=CCCCCC. The molecule has 0 rings (SSSR count). The normalized spacial score (nSPS) is 11.6. The van der Waals surface area contributed by atoms with Crippen molar-refractivity contribution < 1.29 is 19.1 Å². The zero-order valence-corrected chi connectivity index (χ0v) is 15.2. The number of esters is 2. The van der Waals surface area contributed by atoms with Crippen molar-refractivity contribution in [2.45, 2.75) is 65.2 Å². The van der Waals surface area contributed by atoms with Crippen LogP contribution in [0.15, 0.2) is 36.5 Å². The summed E-state index contributed by atoms with van der Waals surface area (Å²) in [6, 6.07) is 0. The van der Waals surface area contributed by atoms with E-state index in [0.29, 0.717) is 0 Å². The molecular weight excluding hydrogens is 304 g/mol. The van der Waals surface area contributed by atoms with E-state index in [1.165, 1.54) is 25.7 Å². The zero-order chi connectivity index (χ0) is 17.9. The highest BCUT2D eigenvalue weighted by Crippen LogP contribution is 2.00. The van der Waals surface area contributed by atoms with Gasteiger partial charge in [-0.1, -0.05) is 63.8 Å². The predicted molar refractivity (Wildman–Crippen MR) is 97.6 cm³/mol. The molecule has 24 heavy (non-hydrogen) atoms. The van der Waals surface area contributed by atoms with Gasteiger partial charge in [-0.15, -0.1) is 0 Å². The van der Waals surface area contributed by atoms with Crippen LogP contribution >= 0.6 is 0 Å². The summed E-state index contributed by atoms with van der Waals surface area (Å²) in [6.07, 6.45) is 19.0. The van der Waals surface area contributed by atoms with Gasteiger partial charge in [-0.25, -0.2) is 9.59 Å². The van der Waals surface area contributed by atoms with Gasteiger partial charge in [-0.05, 0) is 25.7 Å². The van der Waals surface area contributed by atoms with Crippen LogP contribution in [-0.2, 0) is 19.1 Å². The minimum atomic E-state index is -0.541. The number of ether oxygens (including phenoxy) is 2. The van der Waals surface area contributed by atoms with E-state index in [0.717, 1.165) is 37.8 Å². The smallest absolute Gasteiger partial charge is 0.331 e. The highest BCUT2D eigenvalue weighted by atomic mass is 16.5. The molecule has 4 heteroatoms. The quantitative estimate of drug-likeness (QED) is 0.196. The Morgan fingerprint density at radius 2 is 1.08 bits per heavy atom. The van der Waals surface area contributed by atoms with Gasteiger partial charge in [0.2, 0.25) is 0 Å². The van der Waals surface area contributed by atoms with E-state index in [-0.39, 0.29) is 13.2 Å². The Kier molecular flexibility index (Phi) is 16.2. The molecule has 0 radical (unpaired) electrons. The Labute approximate surface area is 146 Å². The minimum absolute atomic E-state index is 0.227. The molecule has 0 atom stereocenters. The summed E-state index contributed by atoms with van der Waals surface area (Å²) in [5, 5.41) is 0. The first-order chi connectivity index (χ1) is 11.7. The summed E-state index contributed by atoms with van der Waals surface area (Å²) < 4.78 is 9.89. The topological polar surface area (TPSA) is 52.6 Å². The van der Waals surface area contributed by atoms with Gasteiger partial charge in [0.1, 0.15) is 13.2 Å². The van der Waals surface area contributed by atoms with Crippen molar-refractivity contribution in [2.24, 2.45) is 0 Å². The number of hydrogen-bond acceptors (Lipinski definition) is 4. The van der Waals surface area contributed by atoms with E-state index >= 15 is 0 Å². The minimum Gasteiger partial charge on any atom is -0.458 e. The predicted octanol–water partition coefficient (Wildman–Crippen LogP) is 4.90. The van der Waals surface area contributed by atoms with Crippen LogP contribution in [0.4, 0.5) is 0 Å². The third-order valence-electron chi connectivity index (χ3n) is 3.28. The first-order valence-electron chi connectivity index (χ1n) is 9.02. The summed E-state index contributed by atoms with van der Waals surface area (Å²) >= 11 is 0. The van der Waals surface area contributed by atoms with E-state index < -0.39 is 11.9 Å². The van der Waals surface area contributed by atoms with Crippen LogP contribution in [0.5, 0.6) is 0 Å². The zero-order valence-electron chi connectivity index (χ0n) is 15.2. The molecule has 0 unspecified atom stereocenters. The van der Waals surface area contributed by atoms with Crippen LogP contribution in [0.3, 0.4) is 0 Å². The molecule has 136 valence electrons. The van der Waals surface area contributed by atoms with E-state index in [9.17, 15) is 9.59 Å². The number of carbonyl (C=O) groups is 2. The summed E-state index contributed by atoms with van der Waals surface area (Å²) in [6.45, 7) is 4.77. The van der Waals surface area contributed by atoms with Crippen molar-refractivity contribution in [2.75, 3.05) is 13.2 Å². The van der Waals surface area contributed by atoms with Crippen LogP contribution in [0.1, 0.15) is 65.2 Å². The van der Waals surface area contributed by atoms with Crippen molar-refractivity contribution >= 4 is 11.9 Å². The van der Waals surface area contributed by atoms with E-state index in [1.54, 1.807) is 0 Å². The third-order valence-corrected chi connectivity index (χ3v) is 3.28. The Bertz CT molecular complexity index is 370. The van der Waals surface area contributed by atoms with Gasteiger partial charge in [0, 0.05) is 12.2 Å². The third kappa shape index (κ3) is 16.5. The van der Waals surface area contributed by atoms with Crippen molar-refractivity contribution in [1.29, 1.82) is 0 Å². The van der Waals surface area contributed by atoms with Crippen LogP contribution in [-0.4, -0.2) is 25.2 Å². The van der Waals surface area contributed by atoms with Crippen molar-refractivity contribution in [3.05, 3.63) is 36.5 Å². The van der Waals surface area contributed by atoms with Crippen LogP contribution in [0, 0.1) is 0 Å².